The van der Waals surface area contributed by atoms with Gasteiger partial charge in [-0.05, 0) is 42.0 Å². The highest BCUT2D eigenvalue weighted by Gasteiger charge is 2.69. The van der Waals surface area contributed by atoms with E-state index in [1.807, 2.05) is 24.3 Å². The zero-order valence-corrected chi connectivity index (χ0v) is 20.4. The molecule has 0 spiro atoms. The molecule has 2 fully saturated rings. The minimum Gasteiger partial charge on any atom is -0.508 e. The predicted molar refractivity (Wildman–Crippen MR) is 139 cm³/mol. The van der Waals surface area contributed by atoms with Crippen LogP contribution in [0.2, 0.25) is 0 Å². The van der Waals surface area contributed by atoms with Crippen LogP contribution in [0.1, 0.15) is 17.2 Å². The average Bonchev–Trinajstić information content (AvgIpc) is 3.57. The number of aromatic hydroxyl groups is 1. The lowest BCUT2D eigenvalue weighted by Gasteiger charge is -2.31. The monoisotopic (exact) mass is 511 g/mol. The van der Waals surface area contributed by atoms with Crippen molar-refractivity contribution in [3.63, 3.8) is 0 Å². The number of fused-ring (bicyclic) bond motifs is 2. The normalized spacial score (nSPS) is 24.7. The SMILES string of the molecule is COc1ccc(N2C(=O)[C@@H]3[C@@H](c4ccccc4O)N[C@](Cc4c[nH]c5ccccc45)(C(=O)O)[C@@H]3C2=O)cc1. The van der Waals surface area contributed by atoms with Gasteiger partial charge in [-0.1, -0.05) is 36.4 Å². The minimum atomic E-state index is -1.81. The van der Waals surface area contributed by atoms with E-state index in [2.05, 4.69) is 10.3 Å². The third-order valence-corrected chi connectivity index (χ3v) is 7.78. The summed E-state index contributed by atoms with van der Waals surface area (Å²) in [5.74, 6) is -4.15. The Kier molecular flexibility index (Phi) is 5.46. The molecule has 9 heteroatoms. The van der Waals surface area contributed by atoms with Crippen molar-refractivity contribution < 1.29 is 29.3 Å². The van der Waals surface area contributed by atoms with E-state index in [1.54, 1.807) is 48.7 Å². The van der Waals surface area contributed by atoms with Crippen LogP contribution in [0.4, 0.5) is 5.69 Å². The fourth-order valence-electron chi connectivity index (χ4n) is 6.02. The van der Waals surface area contributed by atoms with Gasteiger partial charge in [0.15, 0.2) is 0 Å². The number of carbonyl (C=O) groups is 3. The van der Waals surface area contributed by atoms with Crippen molar-refractivity contribution in [2.24, 2.45) is 11.8 Å². The molecule has 2 saturated heterocycles. The van der Waals surface area contributed by atoms with Crippen LogP contribution >= 0.6 is 0 Å². The molecular formula is C29H25N3O6. The van der Waals surface area contributed by atoms with Crippen molar-refractivity contribution in [3.8, 4) is 11.5 Å². The van der Waals surface area contributed by atoms with Crippen LogP contribution in [-0.2, 0) is 20.8 Å². The first-order valence-corrected chi connectivity index (χ1v) is 12.2. The van der Waals surface area contributed by atoms with Gasteiger partial charge in [0.1, 0.15) is 17.0 Å². The molecule has 38 heavy (non-hydrogen) atoms. The summed E-state index contributed by atoms with van der Waals surface area (Å²) in [6, 6.07) is 19.5. The molecule has 192 valence electrons. The van der Waals surface area contributed by atoms with Gasteiger partial charge in [-0.2, -0.15) is 0 Å². The maximum Gasteiger partial charge on any atom is 0.325 e. The summed E-state index contributed by atoms with van der Waals surface area (Å²) in [5, 5.41) is 25.4. The van der Waals surface area contributed by atoms with Crippen LogP contribution in [0.3, 0.4) is 0 Å². The third-order valence-electron chi connectivity index (χ3n) is 7.78. The Morgan fingerprint density at radius 1 is 1.00 bits per heavy atom. The first-order valence-electron chi connectivity index (χ1n) is 12.2. The van der Waals surface area contributed by atoms with Crippen LogP contribution < -0.4 is 15.0 Å². The number of carbonyl (C=O) groups excluding carboxylic acids is 2. The van der Waals surface area contributed by atoms with E-state index in [9.17, 15) is 24.6 Å². The lowest BCUT2D eigenvalue weighted by molar-refractivity contribution is -0.148. The summed E-state index contributed by atoms with van der Waals surface area (Å²) in [6.07, 6.45) is 1.69. The molecule has 2 amide bonds. The van der Waals surface area contributed by atoms with Gasteiger partial charge in [-0.15, -0.1) is 0 Å². The number of para-hydroxylation sites is 2. The van der Waals surface area contributed by atoms with Gasteiger partial charge in [-0.3, -0.25) is 19.7 Å². The summed E-state index contributed by atoms with van der Waals surface area (Å²) in [5.41, 5.74) is 0.426. The molecule has 6 rings (SSSR count). The number of phenolic OH excluding ortho intramolecular Hbond substituents is 1. The maximum atomic E-state index is 14.0. The Balaban J connectivity index is 1.51. The van der Waals surface area contributed by atoms with Gasteiger partial charge in [0, 0.05) is 35.1 Å². The number of carboxylic acid groups (broad SMARTS) is 1. The molecule has 0 radical (unpaired) electrons. The minimum absolute atomic E-state index is 0.0485. The maximum absolute atomic E-state index is 14.0. The average molecular weight is 512 g/mol. The summed E-state index contributed by atoms with van der Waals surface area (Å²) in [6.45, 7) is 0. The van der Waals surface area contributed by atoms with E-state index in [0.717, 1.165) is 15.8 Å². The van der Waals surface area contributed by atoms with E-state index in [1.165, 1.54) is 13.2 Å². The zero-order valence-electron chi connectivity index (χ0n) is 20.4. The van der Waals surface area contributed by atoms with Crippen molar-refractivity contribution in [3.05, 3.63) is 90.1 Å². The number of rotatable bonds is 6. The predicted octanol–water partition coefficient (Wildman–Crippen LogP) is 3.40. The number of aromatic nitrogens is 1. The molecule has 4 atom stereocenters. The van der Waals surface area contributed by atoms with Gasteiger partial charge in [-0.25, -0.2) is 4.90 Å². The van der Waals surface area contributed by atoms with Crippen molar-refractivity contribution >= 4 is 34.4 Å². The van der Waals surface area contributed by atoms with Gasteiger partial charge in [0.2, 0.25) is 11.8 Å². The topological polar surface area (TPSA) is 132 Å². The van der Waals surface area contributed by atoms with Gasteiger partial charge < -0.3 is 19.9 Å². The summed E-state index contributed by atoms with van der Waals surface area (Å²) in [4.78, 5) is 45.3. The number of aliphatic carboxylic acids is 1. The van der Waals surface area contributed by atoms with Crippen LogP contribution in [0.5, 0.6) is 11.5 Å². The van der Waals surface area contributed by atoms with Crippen molar-refractivity contribution in [2.45, 2.75) is 18.0 Å². The largest absolute Gasteiger partial charge is 0.508 e. The molecular weight excluding hydrogens is 486 g/mol. The summed E-state index contributed by atoms with van der Waals surface area (Å²) in [7, 11) is 1.51. The molecule has 1 aromatic heterocycles. The molecule has 0 aliphatic carbocycles. The van der Waals surface area contributed by atoms with E-state index in [0.29, 0.717) is 22.6 Å². The highest BCUT2D eigenvalue weighted by atomic mass is 16.5. The second-order valence-corrected chi connectivity index (χ2v) is 9.71. The lowest BCUT2D eigenvalue weighted by atomic mass is 9.76. The van der Waals surface area contributed by atoms with Crippen LogP contribution in [0, 0.1) is 11.8 Å². The zero-order chi connectivity index (χ0) is 26.6. The first-order chi connectivity index (χ1) is 18.4. The molecule has 4 aromatic rings. The Morgan fingerprint density at radius 2 is 1.71 bits per heavy atom. The van der Waals surface area contributed by atoms with E-state index < -0.39 is 41.2 Å². The fourth-order valence-corrected chi connectivity index (χ4v) is 6.02. The first kappa shape index (κ1) is 23.7. The van der Waals surface area contributed by atoms with E-state index >= 15 is 0 Å². The van der Waals surface area contributed by atoms with Crippen molar-refractivity contribution in [2.75, 3.05) is 12.0 Å². The number of nitrogens with one attached hydrogen (secondary N) is 2. The Labute approximate surface area is 217 Å². The number of hydrogen-bond acceptors (Lipinski definition) is 6. The molecule has 2 aliphatic heterocycles. The van der Waals surface area contributed by atoms with E-state index in [-0.39, 0.29) is 12.2 Å². The van der Waals surface area contributed by atoms with Crippen LogP contribution in [0.15, 0.2) is 79.0 Å². The molecule has 4 N–H and O–H groups in total. The Morgan fingerprint density at radius 3 is 2.42 bits per heavy atom. The third kappa shape index (κ3) is 3.39. The quantitative estimate of drug-likeness (QED) is 0.292. The van der Waals surface area contributed by atoms with Gasteiger partial charge >= 0.3 is 5.97 Å². The standard InChI is InChI=1S/C29H25N3O6/c1-38-18-12-10-17(11-13-18)32-26(34)23-24(27(32)35)29(28(36)37,31-25(23)20-7-3-5-9-22(20)33)14-16-15-30-21-8-4-2-6-19(16)21/h2-13,15,23-25,30-31,33H,14H2,1H3,(H,36,37)/t23-,24-,25+,29-/m0/s1. The highest BCUT2D eigenvalue weighted by molar-refractivity contribution is 6.24. The Hall–Kier alpha value is -4.63. The number of carboxylic acids is 1. The number of benzene rings is 3. The number of anilines is 1. The lowest BCUT2D eigenvalue weighted by Crippen LogP contribution is -2.57. The summed E-state index contributed by atoms with van der Waals surface area (Å²) < 4.78 is 5.20. The number of imide groups is 1. The number of ether oxygens (including phenoxy) is 1. The molecule has 0 saturated carbocycles. The molecule has 3 heterocycles. The fraction of sp³-hybridized carbons (Fsp3) is 0.207. The Bertz CT molecular complexity index is 1580. The molecule has 3 aromatic carbocycles. The van der Waals surface area contributed by atoms with Gasteiger partial charge in [0.25, 0.3) is 0 Å². The number of H-pyrrole nitrogens is 1. The molecule has 9 nitrogen and oxygen atoms in total. The van der Waals surface area contributed by atoms with E-state index in [4.69, 9.17) is 4.74 Å². The molecule has 0 unspecified atom stereocenters. The van der Waals surface area contributed by atoms with Gasteiger partial charge in [0.05, 0.1) is 24.6 Å². The smallest absolute Gasteiger partial charge is 0.325 e. The van der Waals surface area contributed by atoms with Crippen LogP contribution in [-0.4, -0.2) is 45.6 Å². The van der Waals surface area contributed by atoms with Crippen LogP contribution in [0.25, 0.3) is 10.9 Å². The number of phenols is 1. The number of nitrogens with zero attached hydrogens (tertiary/aromatic N) is 1. The number of hydrogen-bond donors (Lipinski definition) is 4. The van der Waals surface area contributed by atoms with Crippen molar-refractivity contribution in [1.29, 1.82) is 0 Å². The number of amides is 2. The summed E-state index contributed by atoms with van der Waals surface area (Å²) >= 11 is 0. The molecule has 0 bridgehead atoms. The molecule has 2 aliphatic rings. The number of aromatic amines is 1. The number of methoxy groups -OCH3 is 1. The van der Waals surface area contributed by atoms with Crippen molar-refractivity contribution in [1.82, 2.24) is 10.3 Å². The highest BCUT2D eigenvalue weighted by Crippen LogP contribution is 2.52. The second-order valence-electron chi connectivity index (χ2n) is 9.71. The second kappa shape index (κ2) is 8.74.